The average molecular weight is 313 g/mol. The van der Waals surface area contributed by atoms with Gasteiger partial charge in [-0.2, -0.15) is 0 Å². The van der Waals surface area contributed by atoms with Crippen molar-refractivity contribution in [3.8, 4) is 17.2 Å². The first kappa shape index (κ1) is 15.2. The molecule has 0 bridgehead atoms. The summed E-state index contributed by atoms with van der Waals surface area (Å²) in [4.78, 5) is 12.1. The van der Waals surface area contributed by atoms with Crippen molar-refractivity contribution in [2.24, 2.45) is 0 Å². The van der Waals surface area contributed by atoms with Gasteiger partial charge in [0.25, 0.3) is 5.91 Å². The number of rotatable bonds is 3. The van der Waals surface area contributed by atoms with Crippen LogP contribution in [0, 0.1) is 0 Å². The molecule has 2 aromatic carbocycles. The molecule has 5 heteroatoms. The summed E-state index contributed by atoms with van der Waals surface area (Å²) in [6, 6.07) is 12.6. The third kappa shape index (κ3) is 3.39. The quantitative estimate of drug-likeness (QED) is 0.914. The smallest absolute Gasteiger partial charge is 0.255 e. The molecule has 2 aromatic rings. The van der Waals surface area contributed by atoms with Gasteiger partial charge in [-0.3, -0.25) is 4.79 Å². The molecule has 1 aliphatic rings. The summed E-state index contributed by atoms with van der Waals surface area (Å²) in [6.45, 7) is 4.49. The lowest BCUT2D eigenvalue weighted by Gasteiger charge is -2.24. The number of phenolic OH excluding ortho intramolecular Hbond substituents is 1. The molecule has 0 spiro atoms. The number of hydrogen-bond acceptors (Lipinski definition) is 4. The zero-order valence-electron chi connectivity index (χ0n) is 13.1. The molecule has 0 saturated carbocycles. The van der Waals surface area contributed by atoms with Gasteiger partial charge in [0.2, 0.25) is 0 Å². The summed E-state index contributed by atoms with van der Waals surface area (Å²) in [5.74, 6) is 0.345. The molecular weight excluding hydrogens is 294 g/mol. The fourth-order valence-electron chi connectivity index (χ4n) is 2.38. The predicted octanol–water partition coefficient (Wildman–Crippen LogP) is 2.87. The second-order valence-electron chi connectivity index (χ2n) is 6.13. The minimum atomic E-state index is -0.533. The number of aromatic hydroxyl groups is 1. The Hall–Kier alpha value is -2.69. The van der Waals surface area contributed by atoms with Crippen LogP contribution < -0.4 is 14.8 Å². The molecule has 120 valence electrons. The molecular formula is C18H19NO4. The Kier molecular flexibility index (Phi) is 3.86. The summed E-state index contributed by atoms with van der Waals surface area (Å²) in [7, 11) is 0. The van der Waals surface area contributed by atoms with Crippen LogP contribution in [0.15, 0.2) is 42.5 Å². The maximum Gasteiger partial charge on any atom is 0.255 e. The monoisotopic (exact) mass is 313 g/mol. The van der Waals surface area contributed by atoms with Gasteiger partial charge < -0.3 is 19.9 Å². The van der Waals surface area contributed by atoms with Crippen molar-refractivity contribution in [3.05, 3.63) is 53.6 Å². The third-order valence-corrected chi connectivity index (χ3v) is 3.60. The van der Waals surface area contributed by atoms with Crippen LogP contribution >= 0.6 is 0 Å². The highest BCUT2D eigenvalue weighted by molar-refractivity contribution is 5.98. The van der Waals surface area contributed by atoms with Gasteiger partial charge in [0.15, 0.2) is 11.5 Å². The Morgan fingerprint density at radius 3 is 2.74 bits per heavy atom. The highest BCUT2D eigenvalue weighted by Crippen LogP contribution is 2.37. The van der Waals surface area contributed by atoms with E-state index < -0.39 is 5.60 Å². The van der Waals surface area contributed by atoms with Crippen molar-refractivity contribution in [1.29, 1.82) is 0 Å². The second kappa shape index (κ2) is 5.83. The van der Waals surface area contributed by atoms with Gasteiger partial charge >= 0.3 is 0 Å². The highest BCUT2D eigenvalue weighted by Gasteiger charge is 2.29. The molecule has 3 rings (SSSR count). The van der Waals surface area contributed by atoms with Crippen molar-refractivity contribution >= 4 is 5.91 Å². The summed E-state index contributed by atoms with van der Waals surface area (Å²) in [5.41, 5.74) is 0.759. The largest absolute Gasteiger partial charge is 0.504 e. The van der Waals surface area contributed by atoms with E-state index in [-0.39, 0.29) is 17.4 Å². The molecule has 0 unspecified atom stereocenters. The topological polar surface area (TPSA) is 67.8 Å². The molecule has 0 aromatic heterocycles. The molecule has 2 N–H and O–H groups in total. The van der Waals surface area contributed by atoms with Gasteiger partial charge in [-0.1, -0.05) is 30.3 Å². The van der Waals surface area contributed by atoms with E-state index in [9.17, 15) is 9.90 Å². The van der Waals surface area contributed by atoms with E-state index in [0.29, 0.717) is 24.5 Å². The maximum absolute atomic E-state index is 12.1. The number of phenols is 1. The number of fused-ring (bicyclic) bond motifs is 1. The number of nitrogens with one attached hydrogen (secondary N) is 1. The first-order valence-electron chi connectivity index (χ1n) is 7.45. The number of ether oxygens (including phenoxy) is 2. The standard InChI is InChI=1S/C18H19NO4/c1-18(2)11-19-17(21)13-8-14(20)16(9-15(13)23-18)22-10-12-6-4-3-5-7-12/h3-9,20H,10-11H2,1-2H3,(H,19,21). The van der Waals surface area contributed by atoms with E-state index in [4.69, 9.17) is 9.47 Å². The molecule has 0 atom stereocenters. The van der Waals surface area contributed by atoms with Crippen molar-refractivity contribution < 1.29 is 19.4 Å². The summed E-state index contributed by atoms with van der Waals surface area (Å²) >= 11 is 0. The van der Waals surface area contributed by atoms with Crippen LogP contribution in [0.25, 0.3) is 0 Å². The first-order valence-corrected chi connectivity index (χ1v) is 7.45. The van der Waals surface area contributed by atoms with E-state index in [1.807, 2.05) is 44.2 Å². The summed E-state index contributed by atoms with van der Waals surface area (Å²) in [5, 5.41) is 12.9. The van der Waals surface area contributed by atoms with Gasteiger partial charge in [-0.05, 0) is 19.4 Å². The minimum Gasteiger partial charge on any atom is -0.504 e. The first-order chi connectivity index (χ1) is 10.9. The van der Waals surface area contributed by atoms with Crippen molar-refractivity contribution in [3.63, 3.8) is 0 Å². The molecule has 1 heterocycles. The summed E-state index contributed by atoms with van der Waals surface area (Å²) in [6.07, 6.45) is 0. The zero-order valence-corrected chi connectivity index (χ0v) is 13.1. The normalized spacial score (nSPS) is 15.8. The lowest BCUT2D eigenvalue weighted by Crippen LogP contribution is -2.39. The van der Waals surface area contributed by atoms with Crippen molar-refractivity contribution in [2.45, 2.75) is 26.1 Å². The Morgan fingerprint density at radius 1 is 1.26 bits per heavy atom. The second-order valence-corrected chi connectivity index (χ2v) is 6.13. The molecule has 0 saturated heterocycles. The van der Waals surface area contributed by atoms with Crippen LogP contribution in [0.3, 0.4) is 0 Å². The van der Waals surface area contributed by atoms with E-state index >= 15 is 0 Å². The van der Waals surface area contributed by atoms with E-state index in [1.54, 1.807) is 6.07 Å². The number of amides is 1. The van der Waals surface area contributed by atoms with Gasteiger partial charge in [-0.15, -0.1) is 0 Å². The van der Waals surface area contributed by atoms with E-state index in [2.05, 4.69) is 5.32 Å². The molecule has 5 nitrogen and oxygen atoms in total. The Balaban J connectivity index is 1.88. The lowest BCUT2D eigenvalue weighted by atomic mass is 10.1. The lowest BCUT2D eigenvalue weighted by molar-refractivity contribution is 0.0906. The highest BCUT2D eigenvalue weighted by atomic mass is 16.5. The molecule has 0 fully saturated rings. The molecule has 0 aliphatic carbocycles. The number of hydrogen-bond donors (Lipinski definition) is 2. The molecule has 1 amide bonds. The summed E-state index contributed by atoms with van der Waals surface area (Å²) < 4.78 is 11.6. The fourth-order valence-corrected chi connectivity index (χ4v) is 2.38. The Bertz CT molecular complexity index is 725. The molecule has 23 heavy (non-hydrogen) atoms. The Labute approximate surface area is 134 Å². The predicted molar refractivity (Wildman–Crippen MR) is 85.9 cm³/mol. The number of carbonyl (C=O) groups is 1. The maximum atomic E-state index is 12.1. The zero-order chi connectivity index (χ0) is 16.4. The fraction of sp³-hybridized carbons (Fsp3) is 0.278. The average Bonchev–Trinajstić information content (AvgIpc) is 2.63. The van der Waals surface area contributed by atoms with Gasteiger partial charge in [0.05, 0.1) is 12.1 Å². The van der Waals surface area contributed by atoms with Crippen LogP contribution in [-0.4, -0.2) is 23.2 Å². The minimum absolute atomic E-state index is 0.0851. The van der Waals surface area contributed by atoms with Crippen LogP contribution in [0.5, 0.6) is 17.2 Å². The van der Waals surface area contributed by atoms with Crippen molar-refractivity contribution in [1.82, 2.24) is 5.32 Å². The van der Waals surface area contributed by atoms with E-state index in [0.717, 1.165) is 5.56 Å². The van der Waals surface area contributed by atoms with Gasteiger partial charge in [-0.25, -0.2) is 0 Å². The van der Waals surface area contributed by atoms with Gasteiger partial charge in [0, 0.05) is 12.1 Å². The van der Waals surface area contributed by atoms with Crippen LogP contribution in [-0.2, 0) is 6.61 Å². The number of benzene rings is 2. The third-order valence-electron chi connectivity index (χ3n) is 3.60. The van der Waals surface area contributed by atoms with Crippen LogP contribution in [0.1, 0.15) is 29.8 Å². The SMILES string of the molecule is CC1(C)CNC(=O)c2cc(O)c(OCc3ccccc3)cc2O1. The van der Waals surface area contributed by atoms with E-state index in [1.165, 1.54) is 6.07 Å². The van der Waals surface area contributed by atoms with Crippen molar-refractivity contribution in [2.75, 3.05) is 6.54 Å². The molecule has 0 radical (unpaired) electrons. The Morgan fingerprint density at radius 2 is 2.00 bits per heavy atom. The van der Waals surface area contributed by atoms with Gasteiger partial charge in [0.1, 0.15) is 18.0 Å². The van der Waals surface area contributed by atoms with Crippen LogP contribution in [0.2, 0.25) is 0 Å². The van der Waals surface area contributed by atoms with Crippen LogP contribution in [0.4, 0.5) is 0 Å². The molecule has 1 aliphatic heterocycles. The number of carbonyl (C=O) groups excluding carboxylic acids is 1.